The van der Waals surface area contributed by atoms with E-state index < -0.39 is 0 Å². The Labute approximate surface area is 92.1 Å². The average molecular weight is 195 g/mol. The molecule has 0 radical (unpaired) electrons. The molecule has 0 amide bonds. The fourth-order valence-corrected chi connectivity index (χ4v) is 0. The van der Waals surface area contributed by atoms with Crippen molar-refractivity contribution in [2.24, 2.45) is 0 Å². The van der Waals surface area contributed by atoms with E-state index in [1.54, 1.807) is 6.92 Å². The molecule has 0 atom stereocenters. The van der Waals surface area contributed by atoms with Crippen molar-refractivity contribution in [1.29, 1.82) is 0 Å². The molecule has 0 heterocycles. The van der Waals surface area contributed by atoms with Crippen LogP contribution in [0.5, 0.6) is 0 Å². The molecule has 0 aliphatic carbocycles. The number of alkyl halides is 1. The van der Waals surface area contributed by atoms with Crippen molar-refractivity contribution in [2.45, 2.75) is 27.7 Å². The number of rotatable bonds is 0. The zero-order valence-electron chi connectivity index (χ0n) is 8.32. The maximum Gasteiger partial charge on any atom is 2.00 e. The topological polar surface area (TPSA) is 46.1 Å². The molecule has 0 aromatic rings. The fourth-order valence-electron chi connectivity index (χ4n) is 0. The van der Waals surface area contributed by atoms with Gasteiger partial charge < -0.3 is 10.2 Å². The molecule has 0 aliphatic rings. The van der Waals surface area contributed by atoms with Gasteiger partial charge in [0.25, 0.3) is 0 Å². The molecule has 0 saturated carbocycles. The summed E-state index contributed by atoms with van der Waals surface area (Å²) in [7, 11) is 0.750. The zero-order valence-corrected chi connectivity index (χ0v) is 10.5. The minimum absolute atomic E-state index is 0. The first-order valence-electron chi connectivity index (χ1n) is 3.38. The average Bonchev–Trinajstić information content (AvgIpc) is 1.99. The van der Waals surface area contributed by atoms with Gasteiger partial charge in [0.05, 0.1) is 0 Å². The van der Waals surface area contributed by atoms with E-state index in [1.165, 1.54) is 0 Å². The fraction of sp³-hybridized carbons (Fsp3) is 1.00. The first-order chi connectivity index (χ1) is 4.83. The molecule has 0 aliphatic heterocycles. The van der Waals surface area contributed by atoms with E-state index in [-0.39, 0.29) is 29.7 Å². The van der Waals surface area contributed by atoms with Gasteiger partial charge in [-0.1, -0.05) is 27.7 Å². The van der Waals surface area contributed by atoms with Crippen LogP contribution in [-0.2, 0) is 0 Å². The second kappa shape index (κ2) is 123. The molecule has 4 heteroatoms. The van der Waals surface area contributed by atoms with Gasteiger partial charge in [-0.25, -0.2) is 0 Å². The monoisotopic (exact) mass is 194 g/mol. The summed E-state index contributed by atoms with van der Waals surface area (Å²) in [6.45, 7) is 7.46. The second-order valence-electron chi connectivity index (χ2n) is 0.556. The van der Waals surface area contributed by atoms with Crippen LogP contribution in [0.1, 0.15) is 27.7 Å². The predicted molar refractivity (Wildman–Crippen MR) is 50.0 cm³/mol. The Morgan fingerprint density at radius 2 is 1.09 bits per heavy atom. The van der Waals surface area contributed by atoms with Gasteiger partial charge in [0.15, 0.2) is 0 Å². The van der Waals surface area contributed by atoms with Gasteiger partial charge in [-0.05, 0) is 0 Å². The van der Waals surface area contributed by atoms with Crippen LogP contribution < -0.4 is 10.2 Å². The molecule has 0 bridgehead atoms. The van der Waals surface area contributed by atoms with Crippen LogP contribution in [0.2, 0.25) is 0 Å². The molecule has 2 nitrogen and oxygen atoms in total. The summed E-state index contributed by atoms with van der Waals surface area (Å²) >= 11 is 5.00. The van der Waals surface area contributed by atoms with Crippen LogP contribution in [0.4, 0.5) is 0 Å². The maximum absolute atomic E-state index is 8.93. The molecule has 0 fully saturated rings. The van der Waals surface area contributed by atoms with Crippen LogP contribution in [0.25, 0.3) is 0 Å². The van der Waals surface area contributed by atoms with Gasteiger partial charge >= 0.3 is 23.1 Å². The molecule has 0 spiro atoms. The summed E-state index contributed by atoms with van der Waals surface area (Å²) in [5, 5.41) is 17.2. The molecule has 11 heavy (non-hydrogen) atoms. The maximum atomic E-state index is 8.93. The zero-order chi connectivity index (χ0) is 9.41. The third-order valence-corrected chi connectivity index (χ3v) is 0. The van der Waals surface area contributed by atoms with E-state index >= 15 is 0 Å². The van der Waals surface area contributed by atoms with Gasteiger partial charge in [-0.2, -0.15) is 7.11 Å². The molecule has 0 aromatic carbocycles. The molecule has 0 N–H and O–H groups in total. The largest absolute Gasteiger partial charge is 2.00 e. The number of hydrogen-bond donors (Lipinski definition) is 0. The molecule has 0 rings (SSSR count). The molecule has 0 unspecified atom stereocenters. The van der Waals surface area contributed by atoms with Crippen molar-refractivity contribution in [1.82, 2.24) is 0 Å². The Morgan fingerprint density at radius 1 is 1.09 bits per heavy atom. The van der Waals surface area contributed by atoms with Crippen molar-refractivity contribution < 1.29 is 10.2 Å². The number of halogens is 1. The van der Waals surface area contributed by atoms with Crippen molar-refractivity contribution in [3.8, 4) is 0 Å². The Bertz CT molecular complexity index is 18.4. The quantitative estimate of drug-likeness (QED) is 0.410. The van der Waals surface area contributed by atoms with E-state index in [0.29, 0.717) is 0 Å². The molecular formula is C7H19ClMgO2. The van der Waals surface area contributed by atoms with E-state index in [4.69, 9.17) is 21.8 Å². The van der Waals surface area contributed by atoms with Crippen molar-refractivity contribution in [2.75, 3.05) is 19.6 Å². The number of hydrogen-bond acceptors (Lipinski definition) is 2. The summed E-state index contributed by atoms with van der Waals surface area (Å²) in [5.41, 5.74) is 0. The molecular weight excluding hydrogens is 176 g/mol. The van der Waals surface area contributed by atoms with Crippen LogP contribution in [-0.4, -0.2) is 42.6 Å². The van der Waals surface area contributed by atoms with E-state index in [0.717, 1.165) is 13.0 Å². The summed E-state index contributed by atoms with van der Waals surface area (Å²) in [6.07, 6.45) is 0. The van der Waals surface area contributed by atoms with E-state index in [1.807, 2.05) is 20.8 Å². The van der Waals surface area contributed by atoms with E-state index in [9.17, 15) is 0 Å². The van der Waals surface area contributed by atoms with E-state index in [2.05, 4.69) is 0 Å². The second-order valence-corrected chi connectivity index (χ2v) is 1.09. The molecule has 0 saturated heterocycles. The normalized spacial score (nSPS) is 4.36. The summed E-state index contributed by atoms with van der Waals surface area (Å²) in [4.78, 5) is 0. The van der Waals surface area contributed by atoms with Crippen molar-refractivity contribution in [3.05, 3.63) is 0 Å². The van der Waals surface area contributed by atoms with Gasteiger partial charge in [0.2, 0.25) is 0 Å². The molecule has 68 valence electrons. The Morgan fingerprint density at radius 3 is 1.09 bits per heavy atom. The minimum atomic E-state index is 0. The minimum Gasteiger partial charge on any atom is -0.857 e. The van der Waals surface area contributed by atoms with Crippen molar-refractivity contribution >= 4 is 34.7 Å². The first-order valence-corrected chi connectivity index (χ1v) is 3.91. The van der Waals surface area contributed by atoms with Gasteiger partial charge in [0.1, 0.15) is 0 Å². The summed E-state index contributed by atoms with van der Waals surface area (Å²) < 4.78 is 0. The summed E-state index contributed by atoms with van der Waals surface area (Å²) in [6, 6.07) is 0. The predicted octanol–water partition coefficient (Wildman–Crippen LogP) is 0.234. The smallest absolute Gasteiger partial charge is 0.857 e. The standard InChI is InChI=1S/C2H5Cl.C2H5O.C2H6.CH3O.Mg/c2*1-2-3;2*1-2;/h2*2H2,1H3;1-2H3;1H3;/q;-1;;-1;+2. The Balaban J connectivity index is -0.0000000144. The van der Waals surface area contributed by atoms with Crippen LogP contribution in [0.15, 0.2) is 0 Å². The van der Waals surface area contributed by atoms with Gasteiger partial charge in [-0.3, -0.25) is 0 Å². The first kappa shape index (κ1) is 29.6. The summed E-state index contributed by atoms with van der Waals surface area (Å²) in [5.74, 6) is 0.722. The van der Waals surface area contributed by atoms with Crippen LogP contribution in [0.3, 0.4) is 0 Å². The Hall–Kier alpha value is 0.976. The third-order valence-electron chi connectivity index (χ3n) is 0. The van der Waals surface area contributed by atoms with Crippen molar-refractivity contribution in [3.63, 3.8) is 0 Å². The molecule has 0 aromatic heterocycles. The van der Waals surface area contributed by atoms with Crippen LogP contribution in [0, 0.1) is 0 Å². The van der Waals surface area contributed by atoms with Gasteiger partial charge in [-0.15, -0.1) is 18.2 Å². The Kier molecular flexibility index (Phi) is 332. The van der Waals surface area contributed by atoms with Gasteiger partial charge in [0, 0.05) is 5.88 Å². The third kappa shape index (κ3) is 928. The SMILES string of the molecule is CC.CCCl.CC[O-].C[O-].[Mg+2]. The van der Waals surface area contributed by atoms with Crippen LogP contribution >= 0.6 is 11.6 Å².